The van der Waals surface area contributed by atoms with Gasteiger partial charge in [0, 0.05) is 5.69 Å². The van der Waals surface area contributed by atoms with E-state index >= 15 is 0 Å². The van der Waals surface area contributed by atoms with E-state index in [1.54, 1.807) is 42.5 Å². The number of ether oxygens (including phenoxy) is 3. The van der Waals surface area contributed by atoms with E-state index in [1.807, 2.05) is 13.8 Å². The van der Waals surface area contributed by atoms with E-state index < -0.39 is 23.2 Å². The van der Waals surface area contributed by atoms with Gasteiger partial charge in [-0.1, -0.05) is 6.07 Å². The van der Waals surface area contributed by atoms with Crippen LogP contribution in [0.25, 0.3) is 11.0 Å². The maximum absolute atomic E-state index is 14.0. The molecule has 0 bridgehead atoms. The molecule has 5 rings (SSSR count). The molecule has 0 fully saturated rings. The van der Waals surface area contributed by atoms with Gasteiger partial charge >= 0.3 is 0 Å². The summed E-state index contributed by atoms with van der Waals surface area (Å²) in [5.41, 5.74) is 0.968. The SMILES string of the molecule is CCOc1ccc(N2C(=O)c3oc4ccc(F)cc4c(=O)c3C2c2ccc(OCC)c(OC)c2)cc1. The van der Waals surface area contributed by atoms with Crippen LogP contribution < -0.4 is 24.5 Å². The first-order valence-corrected chi connectivity index (χ1v) is 11.6. The number of rotatable bonds is 7. The Morgan fingerprint density at radius 3 is 2.36 bits per heavy atom. The van der Waals surface area contributed by atoms with Gasteiger partial charge in [0.1, 0.15) is 17.1 Å². The van der Waals surface area contributed by atoms with Crippen molar-refractivity contribution in [3.8, 4) is 17.2 Å². The number of benzene rings is 3. The topological polar surface area (TPSA) is 78.2 Å². The molecule has 1 aliphatic rings. The zero-order valence-electron chi connectivity index (χ0n) is 20.0. The van der Waals surface area contributed by atoms with Crippen LogP contribution in [0.3, 0.4) is 0 Å². The fourth-order valence-electron chi connectivity index (χ4n) is 4.53. The normalized spacial score (nSPS) is 14.7. The number of hydrogen-bond acceptors (Lipinski definition) is 6. The lowest BCUT2D eigenvalue weighted by molar-refractivity contribution is 0.0971. The van der Waals surface area contributed by atoms with Crippen LogP contribution in [0.15, 0.2) is 69.9 Å². The summed E-state index contributed by atoms with van der Waals surface area (Å²) in [7, 11) is 1.52. The number of anilines is 1. The van der Waals surface area contributed by atoms with Crippen molar-refractivity contribution in [1.29, 1.82) is 0 Å². The molecule has 184 valence electrons. The minimum absolute atomic E-state index is 0.0676. The summed E-state index contributed by atoms with van der Waals surface area (Å²) in [4.78, 5) is 28.9. The van der Waals surface area contributed by atoms with Gasteiger partial charge in [-0.3, -0.25) is 14.5 Å². The van der Waals surface area contributed by atoms with Gasteiger partial charge in [0.2, 0.25) is 5.76 Å². The second-order valence-corrected chi connectivity index (χ2v) is 8.16. The summed E-state index contributed by atoms with van der Waals surface area (Å²) >= 11 is 0. The van der Waals surface area contributed by atoms with E-state index in [4.69, 9.17) is 18.6 Å². The molecule has 0 N–H and O–H groups in total. The zero-order valence-corrected chi connectivity index (χ0v) is 20.0. The van der Waals surface area contributed by atoms with E-state index in [1.165, 1.54) is 24.1 Å². The Morgan fingerprint density at radius 1 is 0.917 bits per heavy atom. The highest BCUT2D eigenvalue weighted by Crippen LogP contribution is 2.43. The summed E-state index contributed by atoms with van der Waals surface area (Å²) in [6.45, 7) is 4.69. The van der Waals surface area contributed by atoms with Gasteiger partial charge in [0.15, 0.2) is 16.9 Å². The van der Waals surface area contributed by atoms with E-state index in [-0.39, 0.29) is 22.3 Å². The van der Waals surface area contributed by atoms with Gasteiger partial charge in [-0.25, -0.2) is 4.39 Å². The number of halogens is 1. The molecule has 1 amide bonds. The molecule has 0 saturated carbocycles. The highest BCUT2D eigenvalue weighted by Gasteiger charge is 2.44. The fraction of sp³-hybridized carbons (Fsp3) is 0.214. The molecule has 0 aliphatic carbocycles. The molecule has 1 unspecified atom stereocenters. The average molecular weight is 489 g/mol. The summed E-state index contributed by atoms with van der Waals surface area (Å²) in [6, 6.07) is 15.1. The lowest BCUT2D eigenvalue weighted by atomic mass is 9.97. The largest absolute Gasteiger partial charge is 0.494 e. The quantitative estimate of drug-likeness (QED) is 0.342. The number of amides is 1. The van der Waals surface area contributed by atoms with Crippen LogP contribution in [0.1, 0.15) is 41.6 Å². The van der Waals surface area contributed by atoms with Crippen LogP contribution in [0, 0.1) is 5.82 Å². The molecule has 8 heteroatoms. The second-order valence-electron chi connectivity index (χ2n) is 8.16. The molecule has 1 atom stereocenters. The maximum Gasteiger partial charge on any atom is 0.295 e. The van der Waals surface area contributed by atoms with Crippen molar-refractivity contribution < 1.29 is 27.8 Å². The highest BCUT2D eigenvalue weighted by atomic mass is 19.1. The van der Waals surface area contributed by atoms with Gasteiger partial charge in [-0.2, -0.15) is 0 Å². The zero-order chi connectivity index (χ0) is 25.4. The van der Waals surface area contributed by atoms with Gasteiger partial charge in [0.05, 0.1) is 37.3 Å². The van der Waals surface area contributed by atoms with E-state index in [0.717, 1.165) is 6.07 Å². The Bertz CT molecular complexity index is 1510. The van der Waals surface area contributed by atoms with Gasteiger partial charge in [0.25, 0.3) is 5.91 Å². The second kappa shape index (κ2) is 9.37. The Kier molecular flexibility index (Phi) is 6.10. The lowest BCUT2D eigenvalue weighted by Crippen LogP contribution is -2.29. The third kappa shape index (κ3) is 3.84. The molecule has 4 aromatic rings. The van der Waals surface area contributed by atoms with Crippen LogP contribution in [-0.2, 0) is 0 Å². The predicted molar refractivity (Wildman–Crippen MR) is 133 cm³/mol. The van der Waals surface area contributed by atoms with Crippen LogP contribution in [-0.4, -0.2) is 26.2 Å². The molecule has 7 nitrogen and oxygen atoms in total. The number of fused-ring (bicyclic) bond motifs is 2. The minimum Gasteiger partial charge on any atom is -0.494 e. The maximum atomic E-state index is 14.0. The Morgan fingerprint density at radius 2 is 1.67 bits per heavy atom. The van der Waals surface area contributed by atoms with E-state index in [2.05, 4.69) is 0 Å². The van der Waals surface area contributed by atoms with Crippen LogP contribution in [0.5, 0.6) is 17.2 Å². The van der Waals surface area contributed by atoms with Gasteiger partial charge in [-0.05, 0) is 74.0 Å². The summed E-state index contributed by atoms with van der Waals surface area (Å²) in [5.74, 6) is 0.523. The Hall–Kier alpha value is -4.33. The van der Waals surface area contributed by atoms with Gasteiger partial charge in [-0.15, -0.1) is 0 Å². The number of nitrogens with zero attached hydrogens (tertiary/aromatic N) is 1. The number of hydrogen-bond donors (Lipinski definition) is 0. The van der Waals surface area contributed by atoms with E-state index in [9.17, 15) is 14.0 Å². The first kappa shape index (κ1) is 23.4. The lowest BCUT2D eigenvalue weighted by Gasteiger charge is -2.26. The molecule has 3 aromatic carbocycles. The number of methoxy groups -OCH3 is 1. The molecular formula is C28H24FNO6. The molecule has 1 aliphatic heterocycles. The fourth-order valence-corrected chi connectivity index (χ4v) is 4.53. The first-order valence-electron chi connectivity index (χ1n) is 11.6. The standard InChI is InChI=1S/C28H24FNO6/c1-4-34-19-10-8-18(9-11-19)30-25(16-6-12-22(35-5-2)23(14-16)33-3)24-26(31)20-15-17(29)7-13-21(20)36-27(24)28(30)32/h6-15,25H,4-5H2,1-3H3. The van der Waals surface area contributed by atoms with Crippen molar-refractivity contribution in [2.75, 3.05) is 25.2 Å². The average Bonchev–Trinajstić information content (AvgIpc) is 3.18. The summed E-state index contributed by atoms with van der Waals surface area (Å²) in [5, 5.41) is 0.0676. The number of carbonyl (C=O) groups is 1. The molecular weight excluding hydrogens is 465 g/mol. The van der Waals surface area contributed by atoms with Crippen molar-refractivity contribution in [2.24, 2.45) is 0 Å². The van der Waals surface area contributed by atoms with Crippen molar-refractivity contribution in [3.05, 3.63) is 93.6 Å². The predicted octanol–water partition coefficient (Wildman–Crippen LogP) is 5.49. The highest BCUT2D eigenvalue weighted by molar-refractivity contribution is 6.10. The Balaban J connectivity index is 1.74. The van der Waals surface area contributed by atoms with Crippen molar-refractivity contribution in [3.63, 3.8) is 0 Å². The number of carbonyl (C=O) groups excluding carboxylic acids is 1. The molecule has 1 aromatic heterocycles. The molecule has 2 heterocycles. The van der Waals surface area contributed by atoms with Crippen LogP contribution in [0.4, 0.5) is 10.1 Å². The summed E-state index contributed by atoms with van der Waals surface area (Å²) < 4.78 is 36.6. The molecule has 0 spiro atoms. The van der Waals surface area contributed by atoms with Crippen molar-refractivity contribution >= 4 is 22.6 Å². The van der Waals surface area contributed by atoms with Crippen molar-refractivity contribution in [2.45, 2.75) is 19.9 Å². The summed E-state index contributed by atoms with van der Waals surface area (Å²) in [6.07, 6.45) is 0. The van der Waals surface area contributed by atoms with Crippen molar-refractivity contribution in [1.82, 2.24) is 0 Å². The van der Waals surface area contributed by atoms with E-state index in [0.29, 0.717) is 41.7 Å². The van der Waals surface area contributed by atoms with Crippen LogP contribution >= 0.6 is 0 Å². The smallest absolute Gasteiger partial charge is 0.295 e. The monoisotopic (exact) mass is 489 g/mol. The third-order valence-electron chi connectivity index (χ3n) is 6.06. The molecule has 0 saturated heterocycles. The molecule has 36 heavy (non-hydrogen) atoms. The van der Waals surface area contributed by atoms with Crippen LogP contribution in [0.2, 0.25) is 0 Å². The minimum atomic E-state index is -0.834. The first-order chi connectivity index (χ1) is 17.5. The van der Waals surface area contributed by atoms with Gasteiger partial charge < -0.3 is 18.6 Å². The molecule has 0 radical (unpaired) electrons. The third-order valence-corrected chi connectivity index (χ3v) is 6.06. The Labute approximate surface area is 206 Å².